The van der Waals surface area contributed by atoms with E-state index in [1.807, 2.05) is 31.9 Å². The Morgan fingerprint density at radius 1 is 1.12 bits per heavy atom. The van der Waals surface area contributed by atoms with Gasteiger partial charge in [0.15, 0.2) is 0 Å². The lowest BCUT2D eigenvalue weighted by molar-refractivity contribution is -0.138. The minimum atomic E-state index is -0.627. The second kappa shape index (κ2) is 6.68. The summed E-state index contributed by atoms with van der Waals surface area (Å²) in [5, 5.41) is 8.66. The number of hydrogen-bond donors (Lipinski definition) is 0. The highest BCUT2D eigenvalue weighted by Gasteiger charge is 2.32. The molecule has 3 rings (SSSR count). The van der Waals surface area contributed by atoms with Gasteiger partial charge in [0.2, 0.25) is 5.91 Å². The van der Waals surface area contributed by atoms with Crippen molar-refractivity contribution in [2.24, 2.45) is 5.92 Å². The molecule has 0 radical (unpaired) electrons. The number of benzene rings is 1. The Labute approximate surface area is 140 Å². The molecule has 0 aliphatic carbocycles. The number of aromatic nitrogens is 3. The number of rotatable bonds is 3. The summed E-state index contributed by atoms with van der Waals surface area (Å²) in [7, 11) is 2.04. The van der Waals surface area contributed by atoms with Gasteiger partial charge in [0.05, 0.1) is 5.39 Å². The molecule has 128 valence electrons. The Morgan fingerprint density at radius 3 is 2.46 bits per heavy atom. The summed E-state index contributed by atoms with van der Waals surface area (Å²) in [5.41, 5.74) is 0.287. The molecule has 0 spiro atoms. The summed E-state index contributed by atoms with van der Waals surface area (Å²) < 4.78 is 1.26. The molecule has 2 heterocycles. The van der Waals surface area contributed by atoms with Crippen LogP contribution in [0, 0.1) is 5.92 Å². The second-order valence-electron chi connectivity index (χ2n) is 6.67. The van der Waals surface area contributed by atoms with Crippen LogP contribution in [0.2, 0.25) is 0 Å². The predicted octanol–water partition coefficient (Wildman–Crippen LogP) is 0.763. The number of carbonyl (C=O) groups is 1. The second-order valence-corrected chi connectivity index (χ2v) is 6.67. The number of hydrogen-bond acceptors (Lipinski definition) is 5. The van der Waals surface area contributed by atoms with E-state index in [1.54, 1.807) is 18.2 Å². The molecular weight excluding hydrogens is 306 g/mol. The van der Waals surface area contributed by atoms with Gasteiger partial charge in [0, 0.05) is 26.2 Å². The fourth-order valence-corrected chi connectivity index (χ4v) is 3.07. The van der Waals surface area contributed by atoms with E-state index in [2.05, 4.69) is 15.2 Å². The molecule has 7 nitrogen and oxygen atoms in total. The van der Waals surface area contributed by atoms with Crippen LogP contribution in [0.4, 0.5) is 0 Å². The number of fused-ring (bicyclic) bond motifs is 1. The number of amides is 1. The molecule has 1 aliphatic heterocycles. The molecule has 0 saturated carbocycles. The lowest BCUT2D eigenvalue weighted by atomic mass is 10.0. The number of carbonyl (C=O) groups excluding carboxylic acids is 1. The van der Waals surface area contributed by atoms with Gasteiger partial charge in [-0.05, 0) is 25.1 Å². The topological polar surface area (TPSA) is 71.3 Å². The third-order valence-electron chi connectivity index (χ3n) is 4.55. The van der Waals surface area contributed by atoms with Gasteiger partial charge in [-0.15, -0.1) is 5.10 Å². The Bertz CT molecular complexity index is 793. The van der Waals surface area contributed by atoms with Crippen molar-refractivity contribution >= 4 is 16.8 Å². The van der Waals surface area contributed by atoms with Crippen molar-refractivity contribution in [1.29, 1.82) is 0 Å². The van der Waals surface area contributed by atoms with E-state index in [1.165, 1.54) is 4.68 Å². The normalized spacial score (nSPS) is 17.4. The Hall–Kier alpha value is -2.28. The van der Waals surface area contributed by atoms with E-state index in [4.69, 9.17) is 0 Å². The van der Waals surface area contributed by atoms with E-state index in [-0.39, 0.29) is 17.4 Å². The molecule has 1 amide bonds. The third-order valence-corrected chi connectivity index (χ3v) is 4.55. The van der Waals surface area contributed by atoms with Crippen molar-refractivity contribution in [3.8, 4) is 0 Å². The minimum absolute atomic E-state index is 0.0506. The molecule has 24 heavy (non-hydrogen) atoms. The van der Waals surface area contributed by atoms with Crippen molar-refractivity contribution in [3.05, 3.63) is 34.6 Å². The highest BCUT2D eigenvalue weighted by atomic mass is 16.2. The molecule has 7 heteroatoms. The first-order valence-corrected chi connectivity index (χ1v) is 8.30. The van der Waals surface area contributed by atoms with Crippen molar-refractivity contribution in [3.63, 3.8) is 0 Å². The SMILES string of the molecule is CC(C)C(C(=O)N1CCN(C)CC1)n1nnc2ccccc2c1=O. The fourth-order valence-electron chi connectivity index (χ4n) is 3.07. The Kier molecular flexibility index (Phi) is 4.62. The standard InChI is InChI=1S/C17H23N5O2/c1-12(2)15(17(24)21-10-8-20(3)9-11-21)22-16(23)13-6-4-5-7-14(13)18-19-22/h4-7,12,15H,8-11H2,1-3H3. The van der Waals surface area contributed by atoms with Crippen molar-refractivity contribution < 1.29 is 4.79 Å². The lowest BCUT2D eigenvalue weighted by Gasteiger charge is -2.35. The maximum absolute atomic E-state index is 13.0. The van der Waals surface area contributed by atoms with Crippen molar-refractivity contribution in [1.82, 2.24) is 24.8 Å². The molecule has 1 aromatic carbocycles. The molecule has 1 atom stereocenters. The van der Waals surface area contributed by atoms with Gasteiger partial charge < -0.3 is 9.80 Å². The Morgan fingerprint density at radius 2 is 1.79 bits per heavy atom. The van der Waals surface area contributed by atoms with Gasteiger partial charge in [-0.2, -0.15) is 4.68 Å². The predicted molar refractivity (Wildman–Crippen MR) is 91.8 cm³/mol. The largest absolute Gasteiger partial charge is 0.338 e. The summed E-state index contributed by atoms with van der Waals surface area (Å²) in [5.74, 6) is -0.102. The lowest BCUT2D eigenvalue weighted by Crippen LogP contribution is -2.51. The van der Waals surface area contributed by atoms with Gasteiger partial charge in [0.25, 0.3) is 5.56 Å². The third kappa shape index (κ3) is 3.03. The summed E-state index contributed by atoms with van der Waals surface area (Å²) in [6.45, 7) is 6.90. The molecule has 0 bridgehead atoms. The smallest absolute Gasteiger partial charge is 0.278 e. The first-order valence-electron chi connectivity index (χ1n) is 8.30. The fraction of sp³-hybridized carbons (Fsp3) is 0.529. The van der Waals surface area contributed by atoms with Gasteiger partial charge in [-0.1, -0.05) is 31.2 Å². The minimum Gasteiger partial charge on any atom is -0.338 e. The van der Waals surface area contributed by atoms with Crippen LogP contribution in [-0.2, 0) is 4.79 Å². The van der Waals surface area contributed by atoms with Gasteiger partial charge in [-0.3, -0.25) is 9.59 Å². The molecule has 2 aromatic rings. The van der Waals surface area contributed by atoms with Gasteiger partial charge in [0.1, 0.15) is 11.6 Å². The Balaban J connectivity index is 1.98. The average Bonchev–Trinajstić information content (AvgIpc) is 2.57. The molecular formula is C17H23N5O2. The number of piperazine rings is 1. The molecule has 0 N–H and O–H groups in total. The van der Waals surface area contributed by atoms with E-state index in [0.717, 1.165) is 13.1 Å². The van der Waals surface area contributed by atoms with E-state index in [9.17, 15) is 9.59 Å². The van der Waals surface area contributed by atoms with Crippen LogP contribution in [-0.4, -0.2) is 63.9 Å². The van der Waals surface area contributed by atoms with Crippen LogP contribution in [0.15, 0.2) is 29.1 Å². The maximum atomic E-state index is 13.0. The van der Waals surface area contributed by atoms with E-state index >= 15 is 0 Å². The highest BCUT2D eigenvalue weighted by molar-refractivity contribution is 5.81. The zero-order valence-electron chi connectivity index (χ0n) is 14.3. The van der Waals surface area contributed by atoms with E-state index < -0.39 is 6.04 Å². The number of likely N-dealkylation sites (N-methyl/N-ethyl adjacent to an activating group) is 1. The van der Waals surface area contributed by atoms with Gasteiger partial charge >= 0.3 is 0 Å². The summed E-state index contributed by atoms with van der Waals surface area (Å²) >= 11 is 0. The van der Waals surface area contributed by atoms with Crippen LogP contribution >= 0.6 is 0 Å². The van der Waals surface area contributed by atoms with Crippen LogP contribution in [0.5, 0.6) is 0 Å². The molecule has 1 fully saturated rings. The van der Waals surface area contributed by atoms with Crippen LogP contribution < -0.4 is 5.56 Å². The quantitative estimate of drug-likeness (QED) is 0.831. The van der Waals surface area contributed by atoms with Crippen LogP contribution in [0.3, 0.4) is 0 Å². The monoisotopic (exact) mass is 329 g/mol. The first-order chi connectivity index (χ1) is 11.5. The summed E-state index contributed by atoms with van der Waals surface area (Å²) in [4.78, 5) is 29.8. The molecule has 1 unspecified atom stereocenters. The van der Waals surface area contributed by atoms with Crippen molar-refractivity contribution in [2.45, 2.75) is 19.9 Å². The molecule has 1 aliphatic rings. The summed E-state index contributed by atoms with van der Waals surface area (Å²) in [6, 6.07) is 6.46. The maximum Gasteiger partial charge on any atom is 0.278 e. The highest BCUT2D eigenvalue weighted by Crippen LogP contribution is 2.19. The first kappa shape index (κ1) is 16.6. The van der Waals surface area contributed by atoms with Gasteiger partial charge in [-0.25, -0.2) is 0 Å². The van der Waals surface area contributed by atoms with Crippen molar-refractivity contribution in [2.75, 3.05) is 33.2 Å². The zero-order chi connectivity index (χ0) is 17.3. The average molecular weight is 329 g/mol. The number of nitrogens with zero attached hydrogens (tertiary/aromatic N) is 5. The van der Waals surface area contributed by atoms with Crippen LogP contribution in [0.25, 0.3) is 10.9 Å². The zero-order valence-corrected chi connectivity index (χ0v) is 14.3. The molecule has 1 saturated heterocycles. The van der Waals surface area contributed by atoms with Crippen LogP contribution in [0.1, 0.15) is 19.9 Å². The summed E-state index contributed by atoms with van der Waals surface area (Å²) in [6.07, 6.45) is 0. The van der Waals surface area contributed by atoms with E-state index in [0.29, 0.717) is 24.0 Å². The molecule has 1 aromatic heterocycles.